The fraction of sp³-hybridized carbons (Fsp3) is 0.571. The molecule has 0 N–H and O–H groups in total. The number of hydrogen-bond donors (Lipinski definition) is 0. The number of hydrogen-bond acceptors (Lipinski definition) is 2. The number of rotatable bonds is 3. The first-order chi connectivity index (χ1) is 4.31. The summed E-state index contributed by atoms with van der Waals surface area (Å²) in [4.78, 5) is 9.64. The molecule has 1 unspecified atom stereocenters. The maximum atomic E-state index is 9.64. The summed E-state index contributed by atoms with van der Waals surface area (Å²) in [6.07, 6.45) is 0. The number of ether oxygens (including phenoxy) is 1. The highest BCUT2D eigenvalue weighted by atomic mass is 16.5. The largest absolute Gasteiger partial charge is 0.467 e. The van der Waals surface area contributed by atoms with E-state index in [4.69, 9.17) is 0 Å². The molecule has 0 heterocycles. The number of carbonyl (C=O) groups is 1. The van der Waals surface area contributed by atoms with Crippen LogP contribution in [-0.4, -0.2) is 13.1 Å². The molecule has 0 bridgehead atoms. The van der Waals surface area contributed by atoms with E-state index in [2.05, 4.69) is 16.6 Å². The van der Waals surface area contributed by atoms with Crippen molar-refractivity contribution < 1.29 is 9.53 Å². The summed E-state index contributed by atoms with van der Waals surface area (Å²) in [5.41, 5.74) is 0. The van der Waals surface area contributed by atoms with E-state index in [1.165, 1.54) is 0 Å². The average Bonchev–Trinajstić information content (AvgIpc) is 1.85. The van der Waals surface area contributed by atoms with Gasteiger partial charge in [0.2, 0.25) is 0 Å². The summed E-state index contributed by atoms with van der Waals surface area (Å²) in [7, 11) is 0. The molecular weight excluding hydrogens is 116 g/mol. The Balaban J connectivity index is 3.33. The van der Waals surface area contributed by atoms with E-state index in [0.29, 0.717) is 13.1 Å². The maximum Gasteiger partial charge on any atom is 0.293 e. The molecule has 0 fully saturated rings. The van der Waals surface area contributed by atoms with Gasteiger partial charge in [-0.2, -0.15) is 0 Å². The zero-order valence-corrected chi connectivity index (χ0v) is 5.68. The molecule has 50 valence electrons. The van der Waals surface area contributed by atoms with E-state index >= 15 is 0 Å². The highest BCUT2D eigenvalue weighted by molar-refractivity contribution is 5.37. The van der Waals surface area contributed by atoms with E-state index in [0.717, 1.165) is 0 Å². The topological polar surface area (TPSA) is 26.3 Å². The average molecular weight is 126 g/mol. The van der Waals surface area contributed by atoms with Crippen LogP contribution < -0.4 is 0 Å². The smallest absolute Gasteiger partial charge is 0.293 e. The fourth-order valence-electron chi connectivity index (χ4n) is 0.472. The Kier molecular flexibility index (Phi) is 4.61. The second-order valence-corrected chi connectivity index (χ2v) is 1.72. The summed E-state index contributed by atoms with van der Waals surface area (Å²) >= 11 is 0. The van der Waals surface area contributed by atoms with Crippen molar-refractivity contribution in [3.8, 4) is 11.8 Å². The minimum Gasteiger partial charge on any atom is -0.467 e. The lowest BCUT2D eigenvalue weighted by Gasteiger charge is -1.98. The molecule has 0 aromatic heterocycles. The minimum atomic E-state index is 0.153. The van der Waals surface area contributed by atoms with Gasteiger partial charge in [0.25, 0.3) is 6.47 Å². The van der Waals surface area contributed by atoms with Crippen LogP contribution in [0.4, 0.5) is 0 Å². The van der Waals surface area contributed by atoms with Gasteiger partial charge in [-0.3, -0.25) is 4.79 Å². The van der Waals surface area contributed by atoms with Crippen molar-refractivity contribution in [1.29, 1.82) is 0 Å². The molecule has 0 amide bonds. The monoisotopic (exact) mass is 126 g/mol. The summed E-state index contributed by atoms with van der Waals surface area (Å²) in [6, 6.07) is 0. The Morgan fingerprint density at radius 2 is 2.44 bits per heavy atom. The Labute approximate surface area is 55.2 Å². The van der Waals surface area contributed by atoms with Gasteiger partial charge in [0.15, 0.2) is 0 Å². The van der Waals surface area contributed by atoms with Crippen LogP contribution in [-0.2, 0) is 9.53 Å². The lowest BCUT2D eigenvalue weighted by Crippen LogP contribution is -2.01. The lowest BCUT2D eigenvalue weighted by atomic mass is 10.2. The predicted molar refractivity (Wildman–Crippen MR) is 34.6 cm³/mol. The highest BCUT2D eigenvalue weighted by Gasteiger charge is 1.93. The first-order valence-electron chi connectivity index (χ1n) is 2.78. The first-order valence-corrected chi connectivity index (χ1v) is 2.78. The van der Waals surface area contributed by atoms with Gasteiger partial charge < -0.3 is 4.74 Å². The lowest BCUT2D eigenvalue weighted by molar-refractivity contribution is -0.129. The van der Waals surface area contributed by atoms with Crippen molar-refractivity contribution in [3.05, 3.63) is 0 Å². The molecular formula is C7H10O2. The summed E-state index contributed by atoms with van der Waals surface area (Å²) in [5, 5.41) is 0. The third kappa shape index (κ3) is 4.89. The second kappa shape index (κ2) is 5.17. The molecule has 0 radical (unpaired) electrons. The summed E-state index contributed by atoms with van der Waals surface area (Å²) in [6.45, 7) is 4.50. The van der Waals surface area contributed by atoms with Gasteiger partial charge in [0, 0.05) is 0 Å². The third-order valence-electron chi connectivity index (χ3n) is 0.805. The molecule has 0 aliphatic carbocycles. The molecule has 1 atom stereocenters. The van der Waals surface area contributed by atoms with Crippen LogP contribution in [0, 0.1) is 17.8 Å². The zero-order chi connectivity index (χ0) is 7.11. The molecule has 0 aliphatic rings. The molecule has 9 heavy (non-hydrogen) atoms. The standard InChI is InChI=1S/C7H10O2/c1-3-4-7(2)5-9-6-8/h6-7H,5H2,1-2H3. The Morgan fingerprint density at radius 3 is 2.89 bits per heavy atom. The molecule has 0 saturated heterocycles. The van der Waals surface area contributed by atoms with Gasteiger partial charge in [0.1, 0.15) is 6.61 Å². The maximum absolute atomic E-state index is 9.64. The Hall–Kier alpha value is -0.970. The van der Waals surface area contributed by atoms with Gasteiger partial charge in [0.05, 0.1) is 5.92 Å². The Morgan fingerprint density at radius 1 is 1.78 bits per heavy atom. The third-order valence-corrected chi connectivity index (χ3v) is 0.805. The zero-order valence-electron chi connectivity index (χ0n) is 5.68. The van der Waals surface area contributed by atoms with Crippen LogP contribution in [0.25, 0.3) is 0 Å². The minimum absolute atomic E-state index is 0.153. The van der Waals surface area contributed by atoms with Gasteiger partial charge in [-0.05, 0) is 13.8 Å². The van der Waals surface area contributed by atoms with Crippen LogP contribution in [0.1, 0.15) is 13.8 Å². The van der Waals surface area contributed by atoms with Crippen molar-refractivity contribution in [1.82, 2.24) is 0 Å². The second-order valence-electron chi connectivity index (χ2n) is 1.72. The van der Waals surface area contributed by atoms with E-state index in [-0.39, 0.29) is 5.92 Å². The Bertz CT molecular complexity index is 130. The molecule has 2 nitrogen and oxygen atoms in total. The molecule has 0 spiro atoms. The van der Waals surface area contributed by atoms with Crippen molar-refractivity contribution in [2.45, 2.75) is 13.8 Å². The van der Waals surface area contributed by atoms with E-state index < -0.39 is 0 Å². The van der Waals surface area contributed by atoms with Crippen molar-refractivity contribution in [2.24, 2.45) is 5.92 Å². The molecule has 2 heteroatoms. The molecule has 0 rings (SSSR count). The molecule has 0 aromatic carbocycles. The molecule has 0 aromatic rings. The summed E-state index contributed by atoms with van der Waals surface area (Å²) < 4.78 is 4.46. The van der Waals surface area contributed by atoms with Crippen molar-refractivity contribution in [3.63, 3.8) is 0 Å². The van der Waals surface area contributed by atoms with Gasteiger partial charge in [-0.1, -0.05) is 5.92 Å². The predicted octanol–water partition coefficient (Wildman–Crippen LogP) is 0.819. The van der Waals surface area contributed by atoms with Gasteiger partial charge in [-0.25, -0.2) is 0 Å². The first kappa shape index (κ1) is 8.03. The van der Waals surface area contributed by atoms with Crippen LogP contribution in [0.5, 0.6) is 0 Å². The number of carbonyl (C=O) groups excluding carboxylic acids is 1. The van der Waals surface area contributed by atoms with Gasteiger partial charge in [-0.15, -0.1) is 5.92 Å². The van der Waals surface area contributed by atoms with Crippen LogP contribution in [0.3, 0.4) is 0 Å². The quantitative estimate of drug-likeness (QED) is 0.413. The van der Waals surface area contributed by atoms with Gasteiger partial charge >= 0.3 is 0 Å². The molecule has 0 saturated carbocycles. The SMILES string of the molecule is CC#CC(C)COC=O. The van der Waals surface area contributed by atoms with E-state index in [9.17, 15) is 4.79 Å². The normalized spacial score (nSPS) is 10.9. The van der Waals surface area contributed by atoms with Crippen LogP contribution >= 0.6 is 0 Å². The van der Waals surface area contributed by atoms with Crippen LogP contribution in [0.2, 0.25) is 0 Å². The van der Waals surface area contributed by atoms with Crippen molar-refractivity contribution >= 4 is 6.47 Å². The highest BCUT2D eigenvalue weighted by Crippen LogP contribution is 1.90. The summed E-state index contributed by atoms with van der Waals surface area (Å²) in [5.74, 6) is 5.73. The van der Waals surface area contributed by atoms with Crippen molar-refractivity contribution in [2.75, 3.05) is 6.61 Å². The fourth-order valence-corrected chi connectivity index (χ4v) is 0.472. The van der Waals surface area contributed by atoms with E-state index in [1.54, 1.807) is 6.92 Å². The molecule has 0 aliphatic heterocycles. The van der Waals surface area contributed by atoms with Crippen LogP contribution in [0.15, 0.2) is 0 Å². The van der Waals surface area contributed by atoms with E-state index in [1.807, 2.05) is 6.92 Å².